The highest BCUT2D eigenvalue weighted by Crippen LogP contribution is 2.37. The molecule has 2 nitrogen and oxygen atoms in total. The van der Waals surface area contributed by atoms with Gasteiger partial charge in [0.05, 0.1) is 19.8 Å². The Labute approximate surface area is 104 Å². The van der Waals surface area contributed by atoms with E-state index in [1.807, 2.05) is 42.5 Å². The molecule has 0 aliphatic rings. The molecule has 17 heavy (non-hydrogen) atoms. The molecule has 0 heterocycles. The molecule has 0 saturated heterocycles. The first kappa shape index (κ1) is 11.9. The van der Waals surface area contributed by atoms with Crippen LogP contribution in [0, 0.1) is 0 Å². The molecule has 1 unspecified atom stereocenters. The monoisotopic (exact) mass is 246 g/mol. The molecule has 0 aliphatic carbocycles. The van der Waals surface area contributed by atoms with Crippen LogP contribution in [0.3, 0.4) is 0 Å². The first-order chi connectivity index (χ1) is 8.26. The summed E-state index contributed by atoms with van der Waals surface area (Å²) in [5, 5.41) is 1.04. The Balaban J connectivity index is 2.66. The molecule has 0 radical (unpaired) electrons. The number of rotatable bonds is 3. The van der Waals surface area contributed by atoms with E-state index in [9.17, 15) is 0 Å². The number of hydrogen-bond donors (Lipinski definition) is 0. The quantitative estimate of drug-likeness (QED) is 0.775. The van der Waals surface area contributed by atoms with Crippen LogP contribution in [-0.2, 0) is 0 Å². The lowest BCUT2D eigenvalue weighted by atomic mass is 10.0. The molecule has 88 valence electrons. The summed E-state index contributed by atoms with van der Waals surface area (Å²) in [6.45, 7) is 0. The van der Waals surface area contributed by atoms with E-state index in [2.05, 4.69) is 9.24 Å². The second-order valence-corrected chi connectivity index (χ2v) is 4.33. The number of benzene rings is 2. The summed E-state index contributed by atoms with van der Waals surface area (Å²) in [6.07, 6.45) is 0. The van der Waals surface area contributed by atoms with Crippen LogP contribution in [0.4, 0.5) is 0 Å². The van der Waals surface area contributed by atoms with Gasteiger partial charge in [0.15, 0.2) is 0 Å². The molecule has 2 aromatic carbocycles. The Morgan fingerprint density at radius 2 is 1.41 bits per heavy atom. The van der Waals surface area contributed by atoms with E-state index in [0.29, 0.717) is 0 Å². The van der Waals surface area contributed by atoms with Crippen molar-refractivity contribution in [2.75, 3.05) is 14.2 Å². The maximum atomic E-state index is 5.43. The summed E-state index contributed by atoms with van der Waals surface area (Å²) >= 11 is 0. The maximum absolute atomic E-state index is 5.43. The fourth-order valence-electron chi connectivity index (χ4n) is 1.82. The Bertz CT molecular complexity index is 484. The van der Waals surface area contributed by atoms with Crippen LogP contribution in [0.1, 0.15) is 0 Å². The lowest BCUT2D eigenvalue weighted by Crippen LogP contribution is -1.99. The van der Waals surface area contributed by atoms with E-state index in [0.717, 1.165) is 27.9 Å². The Morgan fingerprint density at radius 1 is 0.882 bits per heavy atom. The predicted molar refractivity (Wildman–Crippen MR) is 74.3 cm³/mol. The molecule has 0 aliphatic heterocycles. The number of methoxy groups -OCH3 is 2. The number of ether oxygens (including phenoxy) is 2. The van der Waals surface area contributed by atoms with Crippen molar-refractivity contribution in [2.45, 2.75) is 0 Å². The fourth-order valence-corrected chi connectivity index (χ4v) is 2.12. The molecule has 0 saturated carbocycles. The minimum atomic E-state index is 0.820. The molecule has 3 heteroatoms. The number of hydrogen-bond acceptors (Lipinski definition) is 2. The van der Waals surface area contributed by atoms with Crippen molar-refractivity contribution < 1.29 is 9.47 Å². The molecule has 2 aromatic rings. The lowest BCUT2D eigenvalue weighted by molar-refractivity contribution is 0.398. The summed E-state index contributed by atoms with van der Waals surface area (Å²) in [7, 11) is 6.00. The zero-order chi connectivity index (χ0) is 12.3. The average molecular weight is 246 g/mol. The average Bonchev–Trinajstić information content (AvgIpc) is 2.38. The van der Waals surface area contributed by atoms with Crippen molar-refractivity contribution in [3.05, 3.63) is 42.5 Å². The van der Waals surface area contributed by atoms with Gasteiger partial charge in [0, 0.05) is 0 Å². The summed E-state index contributed by atoms with van der Waals surface area (Å²) < 4.78 is 10.9. The third-order valence-corrected chi connectivity index (χ3v) is 2.92. The van der Waals surface area contributed by atoms with Gasteiger partial charge in [0.1, 0.15) is 11.5 Å². The van der Waals surface area contributed by atoms with Crippen LogP contribution in [0.25, 0.3) is 11.1 Å². The molecule has 0 fully saturated rings. The van der Waals surface area contributed by atoms with Crippen LogP contribution < -0.4 is 14.8 Å². The summed E-state index contributed by atoms with van der Waals surface area (Å²) in [5.41, 5.74) is 2.08. The van der Waals surface area contributed by atoms with Gasteiger partial charge >= 0.3 is 0 Å². The van der Waals surface area contributed by atoms with Crippen LogP contribution in [0.5, 0.6) is 11.5 Å². The highest BCUT2D eigenvalue weighted by molar-refractivity contribution is 7.27. The van der Waals surface area contributed by atoms with Crippen LogP contribution >= 0.6 is 9.24 Å². The largest absolute Gasteiger partial charge is 0.496 e. The second-order valence-electron chi connectivity index (χ2n) is 3.67. The normalized spacial score (nSPS) is 10.1. The van der Waals surface area contributed by atoms with E-state index in [1.165, 1.54) is 0 Å². The van der Waals surface area contributed by atoms with E-state index in [-0.39, 0.29) is 0 Å². The third-order valence-electron chi connectivity index (χ3n) is 2.59. The van der Waals surface area contributed by atoms with Gasteiger partial charge in [0.2, 0.25) is 0 Å². The van der Waals surface area contributed by atoms with Crippen LogP contribution in [0.15, 0.2) is 42.5 Å². The molecule has 1 atom stereocenters. The van der Waals surface area contributed by atoms with Gasteiger partial charge in [-0.05, 0) is 23.0 Å². The first-order valence-corrected chi connectivity index (χ1v) is 5.91. The summed E-state index contributed by atoms with van der Waals surface area (Å²) in [4.78, 5) is 0. The van der Waals surface area contributed by atoms with E-state index in [4.69, 9.17) is 9.47 Å². The maximum Gasteiger partial charge on any atom is 0.131 e. The molecule has 2 rings (SSSR count). The molecular formula is C14H15O2P. The Morgan fingerprint density at radius 3 is 1.88 bits per heavy atom. The van der Waals surface area contributed by atoms with Gasteiger partial charge in [-0.3, -0.25) is 0 Å². The standard InChI is InChI=1S/C14H15O2P/c1-15-12-8-11(17)9-13(16-2)14(12)10-6-4-3-5-7-10/h3-9H,17H2,1-2H3. The highest BCUT2D eigenvalue weighted by Gasteiger charge is 2.12. The zero-order valence-corrected chi connectivity index (χ0v) is 11.1. The fraction of sp³-hybridized carbons (Fsp3) is 0.143. The van der Waals surface area contributed by atoms with Crippen molar-refractivity contribution in [1.29, 1.82) is 0 Å². The van der Waals surface area contributed by atoms with Gasteiger partial charge in [-0.25, -0.2) is 0 Å². The summed E-state index contributed by atoms with van der Waals surface area (Å²) in [5.74, 6) is 1.64. The zero-order valence-electron chi connectivity index (χ0n) is 9.94. The molecule has 0 amide bonds. The smallest absolute Gasteiger partial charge is 0.131 e. The van der Waals surface area contributed by atoms with Gasteiger partial charge in [-0.15, -0.1) is 9.24 Å². The third kappa shape index (κ3) is 2.42. The molecule has 0 N–H and O–H groups in total. The van der Waals surface area contributed by atoms with Gasteiger partial charge in [-0.2, -0.15) is 0 Å². The van der Waals surface area contributed by atoms with Crippen molar-refractivity contribution in [3.63, 3.8) is 0 Å². The van der Waals surface area contributed by atoms with Gasteiger partial charge < -0.3 is 9.47 Å². The van der Waals surface area contributed by atoms with Crippen molar-refractivity contribution in [1.82, 2.24) is 0 Å². The minimum absolute atomic E-state index is 0.820. The minimum Gasteiger partial charge on any atom is -0.496 e. The van der Waals surface area contributed by atoms with Crippen LogP contribution in [0.2, 0.25) is 0 Å². The SMILES string of the molecule is COc1cc(P)cc(OC)c1-c1ccccc1. The molecule has 0 spiro atoms. The van der Waals surface area contributed by atoms with Crippen LogP contribution in [-0.4, -0.2) is 14.2 Å². The van der Waals surface area contributed by atoms with E-state index in [1.54, 1.807) is 14.2 Å². The molecule has 0 bridgehead atoms. The van der Waals surface area contributed by atoms with Crippen molar-refractivity contribution in [3.8, 4) is 22.6 Å². The highest BCUT2D eigenvalue weighted by atomic mass is 31.0. The van der Waals surface area contributed by atoms with Crippen molar-refractivity contribution in [2.24, 2.45) is 0 Å². The first-order valence-electron chi connectivity index (χ1n) is 5.33. The van der Waals surface area contributed by atoms with Crippen molar-refractivity contribution >= 4 is 14.5 Å². The Kier molecular flexibility index (Phi) is 3.65. The summed E-state index contributed by atoms with van der Waals surface area (Å²) in [6, 6.07) is 14.1. The van der Waals surface area contributed by atoms with Gasteiger partial charge in [0.25, 0.3) is 0 Å². The second kappa shape index (κ2) is 5.20. The van der Waals surface area contributed by atoms with E-state index < -0.39 is 0 Å². The van der Waals surface area contributed by atoms with E-state index >= 15 is 0 Å². The Hall–Kier alpha value is -1.53. The molecular weight excluding hydrogens is 231 g/mol. The molecule has 0 aromatic heterocycles. The topological polar surface area (TPSA) is 18.5 Å². The van der Waals surface area contributed by atoms with Gasteiger partial charge in [-0.1, -0.05) is 30.3 Å². The predicted octanol–water partition coefficient (Wildman–Crippen LogP) is 2.87. The lowest BCUT2D eigenvalue weighted by Gasteiger charge is -2.14.